The van der Waals surface area contributed by atoms with Gasteiger partial charge in [0.1, 0.15) is 0 Å². The fraction of sp³-hybridized carbons (Fsp3) is 0.733. The summed E-state index contributed by atoms with van der Waals surface area (Å²) in [5, 5.41) is 5.97. The van der Waals surface area contributed by atoms with Crippen LogP contribution in [0.3, 0.4) is 0 Å². The van der Waals surface area contributed by atoms with Crippen LogP contribution in [0.15, 0.2) is 17.5 Å². The van der Waals surface area contributed by atoms with Crippen LogP contribution in [0, 0.1) is 11.8 Å². The highest BCUT2D eigenvalue weighted by Gasteiger charge is 2.43. The molecule has 1 aromatic rings. The molecular formula is C15H22N2S. The van der Waals surface area contributed by atoms with E-state index in [0.717, 1.165) is 23.9 Å². The average molecular weight is 262 g/mol. The van der Waals surface area contributed by atoms with Gasteiger partial charge in [0.05, 0.1) is 0 Å². The first-order valence-corrected chi connectivity index (χ1v) is 8.30. The third-order valence-electron chi connectivity index (χ3n) is 4.92. The molecule has 3 fully saturated rings. The predicted octanol–water partition coefficient (Wildman–Crippen LogP) is 2.88. The van der Waals surface area contributed by atoms with Gasteiger partial charge in [0.15, 0.2) is 0 Å². The van der Waals surface area contributed by atoms with Crippen molar-refractivity contribution in [3.05, 3.63) is 22.4 Å². The Morgan fingerprint density at radius 1 is 1.28 bits per heavy atom. The van der Waals surface area contributed by atoms with Crippen molar-refractivity contribution in [2.45, 2.75) is 37.8 Å². The van der Waals surface area contributed by atoms with Crippen LogP contribution in [0.1, 0.15) is 36.6 Å². The number of nitrogens with one attached hydrogen (secondary N) is 1. The summed E-state index contributed by atoms with van der Waals surface area (Å²) < 4.78 is 0. The molecule has 2 nitrogen and oxygen atoms in total. The second kappa shape index (κ2) is 4.62. The lowest BCUT2D eigenvalue weighted by Gasteiger charge is -2.27. The van der Waals surface area contributed by atoms with Crippen molar-refractivity contribution in [1.29, 1.82) is 0 Å². The molecule has 1 N–H and O–H groups in total. The summed E-state index contributed by atoms with van der Waals surface area (Å²) in [5.41, 5.74) is 0. The molecule has 3 heterocycles. The van der Waals surface area contributed by atoms with E-state index >= 15 is 0 Å². The molecule has 0 spiro atoms. The summed E-state index contributed by atoms with van der Waals surface area (Å²) in [6.45, 7) is 3.85. The number of rotatable bonds is 3. The van der Waals surface area contributed by atoms with E-state index in [-0.39, 0.29) is 0 Å². The summed E-state index contributed by atoms with van der Waals surface area (Å²) >= 11 is 1.96. The standard InChI is InChI=1S/C15H22N2S/c1-3-12-9-17(10-13(12)16-7-1)15(11-5-6-11)14-4-2-8-18-14/h2,4,8,11-13,15-16H,1,3,5-7,9-10H2. The van der Waals surface area contributed by atoms with E-state index in [2.05, 4.69) is 27.7 Å². The van der Waals surface area contributed by atoms with Gasteiger partial charge in [-0.05, 0) is 55.5 Å². The lowest BCUT2D eigenvalue weighted by molar-refractivity contribution is 0.214. The molecule has 0 bridgehead atoms. The average Bonchev–Trinajstić information content (AvgIpc) is 2.92. The van der Waals surface area contributed by atoms with Crippen LogP contribution < -0.4 is 5.32 Å². The fourth-order valence-corrected chi connectivity index (χ4v) is 4.84. The van der Waals surface area contributed by atoms with Gasteiger partial charge in [-0.1, -0.05) is 6.07 Å². The number of likely N-dealkylation sites (tertiary alicyclic amines) is 1. The summed E-state index contributed by atoms with van der Waals surface area (Å²) in [4.78, 5) is 4.40. The lowest BCUT2D eigenvalue weighted by atomic mass is 9.94. The topological polar surface area (TPSA) is 15.3 Å². The molecule has 3 heteroatoms. The molecule has 3 unspecified atom stereocenters. The zero-order valence-electron chi connectivity index (χ0n) is 10.8. The van der Waals surface area contributed by atoms with Gasteiger partial charge in [0, 0.05) is 30.1 Å². The molecule has 0 amide bonds. The first kappa shape index (κ1) is 11.4. The molecule has 1 aromatic heterocycles. The molecule has 3 aliphatic rings. The van der Waals surface area contributed by atoms with Crippen molar-refractivity contribution >= 4 is 11.3 Å². The van der Waals surface area contributed by atoms with E-state index in [0.29, 0.717) is 0 Å². The molecule has 1 aliphatic carbocycles. The molecule has 0 radical (unpaired) electrons. The number of nitrogens with zero attached hydrogens (tertiary/aromatic N) is 1. The Labute approximate surface area is 113 Å². The van der Waals surface area contributed by atoms with Crippen LogP contribution in [-0.4, -0.2) is 30.6 Å². The van der Waals surface area contributed by atoms with Crippen LogP contribution in [0.4, 0.5) is 0 Å². The van der Waals surface area contributed by atoms with Gasteiger partial charge in [-0.2, -0.15) is 0 Å². The van der Waals surface area contributed by atoms with Gasteiger partial charge in [0.25, 0.3) is 0 Å². The molecule has 1 saturated carbocycles. The van der Waals surface area contributed by atoms with Crippen molar-refractivity contribution in [2.75, 3.05) is 19.6 Å². The Morgan fingerprint density at radius 2 is 2.22 bits per heavy atom. The van der Waals surface area contributed by atoms with Crippen LogP contribution in [0.25, 0.3) is 0 Å². The van der Waals surface area contributed by atoms with Gasteiger partial charge in [0.2, 0.25) is 0 Å². The van der Waals surface area contributed by atoms with E-state index < -0.39 is 0 Å². The minimum Gasteiger partial charge on any atom is -0.312 e. The normalized spacial score (nSPS) is 34.4. The van der Waals surface area contributed by atoms with Crippen molar-refractivity contribution in [3.8, 4) is 0 Å². The van der Waals surface area contributed by atoms with Gasteiger partial charge >= 0.3 is 0 Å². The van der Waals surface area contributed by atoms with E-state index in [1.54, 1.807) is 4.88 Å². The molecule has 3 atom stereocenters. The maximum Gasteiger partial charge on any atom is 0.0470 e. The van der Waals surface area contributed by atoms with Gasteiger partial charge in [-0.3, -0.25) is 4.90 Å². The summed E-state index contributed by atoms with van der Waals surface area (Å²) in [6, 6.07) is 6.08. The minimum atomic E-state index is 0.734. The van der Waals surface area contributed by atoms with Crippen LogP contribution in [-0.2, 0) is 0 Å². The van der Waals surface area contributed by atoms with E-state index in [1.165, 1.54) is 45.3 Å². The van der Waals surface area contributed by atoms with Crippen molar-refractivity contribution in [1.82, 2.24) is 10.2 Å². The Bertz CT molecular complexity index is 385. The SMILES string of the molecule is c1csc(C(C2CC2)N2CC3CCCNC3C2)c1. The fourth-order valence-electron chi connectivity index (χ4n) is 3.89. The van der Waals surface area contributed by atoms with Crippen LogP contribution in [0.5, 0.6) is 0 Å². The van der Waals surface area contributed by atoms with Crippen molar-refractivity contribution in [2.24, 2.45) is 11.8 Å². The van der Waals surface area contributed by atoms with Gasteiger partial charge in [-0.15, -0.1) is 11.3 Å². The molecule has 18 heavy (non-hydrogen) atoms. The molecule has 4 rings (SSSR count). The monoisotopic (exact) mass is 262 g/mol. The van der Waals surface area contributed by atoms with E-state index in [4.69, 9.17) is 0 Å². The number of fused-ring (bicyclic) bond motifs is 1. The highest BCUT2D eigenvalue weighted by molar-refractivity contribution is 7.10. The Kier molecular flexibility index (Phi) is 2.94. The van der Waals surface area contributed by atoms with Gasteiger partial charge in [-0.25, -0.2) is 0 Å². The summed E-state index contributed by atoms with van der Waals surface area (Å²) in [5.74, 6) is 1.86. The van der Waals surface area contributed by atoms with Gasteiger partial charge < -0.3 is 5.32 Å². The third kappa shape index (κ3) is 2.02. The first-order valence-electron chi connectivity index (χ1n) is 7.42. The maximum absolute atomic E-state index is 3.73. The molecule has 2 saturated heterocycles. The minimum absolute atomic E-state index is 0.734. The maximum atomic E-state index is 3.73. The van der Waals surface area contributed by atoms with Crippen molar-refractivity contribution in [3.63, 3.8) is 0 Å². The highest BCUT2D eigenvalue weighted by atomic mass is 32.1. The Hall–Kier alpha value is -0.380. The molecule has 2 aliphatic heterocycles. The second-order valence-electron chi connectivity index (χ2n) is 6.21. The number of thiophene rings is 1. The first-order chi connectivity index (χ1) is 8.92. The van der Waals surface area contributed by atoms with Crippen LogP contribution >= 0.6 is 11.3 Å². The van der Waals surface area contributed by atoms with Crippen molar-refractivity contribution < 1.29 is 0 Å². The Morgan fingerprint density at radius 3 is 2.94 bits per heavy atom. The van der Waals surface area contributed by atoms with E-state index in [9.17, 15) is 0 Å². The number of hydrogen-bond acceptors (Lipinski definition) is 3. The quantitative estimate of drug-likeness (QED) is 0.901. The largest absolute Gasteiger partial charge is 0.312 e. The van der Waals surface area contributed by atoms with Crippen LogP contribution in [0.2, 0.25) is 0 Å². The smallest absolute Gasteiger partial charge is 0.0470 e. The van der Waals surface area contributed by atoms with E-state index in [1.807, 2.05) is 11.3 Å². The zero-order chi connectivity index (χ0) is 11.9. The summed E-state index contributed by atoms with van der Waals surface area (Å²) in [7, 11) is 0. The molecule has 0 aromatic carbocycles. The number of hydrogen-bond donors (Lipinski definition) is 1. The zero-order valence-corrected chi connectivity index (χ0v) is 11.7. The third-order valence-corrected chi connectivity index (χ3v) is 5.87. The molecular weight excluding hydrogens is 240 g/mol. The Balaban J connectivity index is 1.54. The predicted molar refractivity (Wildman–Crippen MR) is 75.9 cm³/mol. The second-order valence-corrected chi connectivity index (χ2v) is 7.19. The molecule has 98 valence electrons. The summed E-state index contributed by atoms with van der Waals surface area (Å²) in [6.07, 6.45) is 5.71. The highest BCUT2D eigenvalue weighted by Crippen LogP contribution is 2.47. The number of piperidine rings is 1. The lowest BCUT2D eigenvalue weighted by Crippen LogP contribution is -2.40.